The molecule has 0 bridgehead atoms. The molecule has 0 aliphatic heterocycles. The summed E-state index contributed by atoms with van der Waals surface area (Å²) < 4.78 is 26.5. The molecule has 1 N–H and O–H groups in total. The lowest BCUT2D eigenvalue weighted by Crippen LogP contribution is -2.39. The van der Waals surface area contributed by atoms with E-state index in [9.17, 15) is 13.2 Å². The van der Waals surface area contributed by atoms with E-state index in [0.29, 0.717) is 6.54 Å². The second-order valence-corrected chi connectivity index (χ2v) is 8.05. The van der Waals surface area contributed by atoms with Gasteiger partial charge in [-0.3, -0.25) is 0 Å². The lowest BCUT2D eigenvalue weighted by atomic mass is 10.2. The van der Waals surface area contributed by atoms with Crippen LogP contribution in [0.4, 0.5) is 0 Å². The first-order valence-electron chi connectivity index (χ1n) is 6.00. The summed E-state index contributed by atoms with van der Waals surface area (Å²) in [6.07, 6.45) is 0. The number of carbonyl (C=O) groups is 1. The van der Waals surface area contributed by atoms with E-state index < -0.39 is 16.0 Å². The molecule has 0 amide bonds. The molecule has 0 aromatic carbocycles. The molecule has 0 radical (unpaired) electrons. The number of carboxylic acids is 1. The topological polar surface area (TPSA) is 74.7 Å². The van der Waals surface area contributed by atoms with Crippen LogP contribution in [0.5, 0.6) is 0 Å². The van der Waals surface area contributed by atoms with Crippen LogP contribution in [0.2, 0.25) is 0 Å². The van der Waals surface area contributed by atoms with Gasteiger partial charge in [0.05, 0.1) is 5.56 Å². The molecule has 0 fully saturated rings. The Kier molecular flexibility index (Phi) is 5.11. The van der Waals surface area contributed by atoms with Crippen molar-refractivity contribution in [1.29, 1.82) is 0 Å². The van der Waals surface area contributed by atoms with Gasteiger partial charge < -0.3 is 5.11 Å². The van der Waals surface area contributed by atoms with E-state index in [1.165, 1.54) is 15.8 Å². The highest BCUT2D eigenvalue weighted by molar-refractivity contribution is 7.91. The first-order valence-corrected chi connectivity index (χ1v) is 8.32. The summed E-state index contributed by atoms with van der Waals surface area (Å²) in [5.74, 6) is -0.909. The highest BCUT2D eigenvalue weighted by atomic mass is 32.2. The number of carboxylic acid groups (broad SMARTS) is 1. The number of aromatic carboxylic acids is 1. The quantitative estimate of drug-likeness (QED) is 0.876. The monoisotopic (exact) mass is 305 g/mol. The van der Waals surface area contributed by atoms with E-state index in [4.69, 9.17) is 5.11 Å². The molecule has 7 heteroatoms. The van der Waals surface area contributed by atoms with Crippen LogP contribution in [0.1, 0.15) is 38.1 Å². The van der Waals surface area contributed by atoms with Crippen LogP contribution in [0.25, 0.3) is 0 Å². The Hall–Kier alpha value is -0.920. The molecular formula is C12H19NO4S2. The molecule has 0 saturated carbocycles. The molecule has 0 atom stereocenters. The third-order valence-corrected chi connectivity index (χ3v) is 5.96. The van der Waals surface area contributed by atoms with Crippen molar-refractivity contribution in [2.24, 2.45) is 5.92 Å². The van der Waals surface area contributed by atoms with Crippen LogP contribution in [0, 0.1) is 5.92 Å². The van der Waals surface area contributed by atoms with Gasteiger partial charge in [0.1, 0.15) is 4.21 Å². The van der Waals surface area contributed by atoms with Crippen molar-refractivity contribution < 1.29 is 18.3 Å². The second kappa shape index (κ2) is 6.02. The van der Waals surface area contributed by atoms with Gasteiger partial charge in [0, 0.05) is 18.0 Å². The van der Waals surface area contributed by atoms with E-state index in [0.717, 1.165) is 11.3 Å². The van der Waals surface area contributed by atoms with Crippen LogP contribution in [0.3, 0.4) is 0 Å². The molecule has 19 heavy (non-hydrogen) atoms. The fraction of sp³-hybridized carbons (Fsp3) is 0.583. The van der Waals surface area contributed by atoms with Crippen LogP contribution >= 0.6 is 11.3 Å². The lowest BCUT2D eigenvalue weighted by Gasteiger charge is -2.26. The van der Waals surface area contributed by atoms with E-state index in [-0.39, 0.29) is 21.7 Å². The summed E-state index contributed by atoms with van der Waals surface area (Å²) in [6.45, 7) is 7.93. The van der Waals surface area contributed by atoms with Gasteiger partial charge in [-0.15, -0.1) is 11.3 Å². The smallest absolute Gasteiger partial charge is 0.336 e. The van der Waals surface area contributed by atoms with Gasteiger partial charge in [-0.25, -0.2) is 13.2 Å². The van der Waals surface area contributed by atoms with Gasteiger partial charge in [0.25, 0.3) is 10.0 Å². The van der Waals surface area contributed by atoms with Crippen molar-refractivity contribution in [3.63, 3.8) is 0 Å². The van der Waals surface area contributed by atoms with E-state index in [1.54, 1.807) is 0 Å². The normalized spacial score (nSPS) is 12.6. The second-order valence-electron chi connectivity index (χ2n) is 5.02. The van der Waals surface area contributed by atoms with Gasteiger partial charge >= 0.3 is 5.97 Å². The largest absolute Gasteiger partial charge is 0.478 e. The summed E-state index contributed by atoms with van der Waals surface area (Å²) in [6, 6.07) is 1.06. The maximum Gasteiger partial charge on any atom is 0.336 e. The zero-order valence-corrected chi connectivity index (χ0v) is 13.1. The Labute approximate surface area is 117 Å². The molecule has 5 nitrogen and oxygen atoms in total. The highest BCUT2D eigenvalue weighted by Gasteiger charge is 2.29. The summed E-state index contributed by atoms with van der Waals surface area (Å²) in [7, 11) is -3.62. The first kappa shape index (κ1) is 16.1. The average molecular weight is 305 g/mol. The average Bonchev–Trinajstić information content (AvgIpc) is 2.74. The maximum absolute atomic E-state index is 12.5. The van der Waals surface area contributed by atoms with Crippen LogP contribution in [-0.2, 0) is 10.0 Å². The van der Waals surface area contributed by atoms with Crippen LogP contribution in [-0.4, -0.2) is 36.4 Å². The number of hydrogen-bond acceptors (Lipinski definition) is 4. The predicted molar refractivity (Wildman–Crippen MR) is 75.1 cm³/mol. The number of thiophene rings is 1. The number of nitrogens with zero attached hydrogens (tertiary/aromatic N) is 1. The molecule has 1 aromatic heterocycles. The molecule has 1 rings (SSSR count). The van der Waals surface area contributed by atoms with Crippen LogP contribution in [0.15, 0.2) is 15.7 Å². The molecule has 1 aromatic rings. The van der Waals surface area contributed by atoms with Gasteiger partial charge in [0.2, 0.25) is 0 Å². The van der Waals surface area contributed by atoms with Crippen molar-refractivity contribution >= 4 is 27.3 Å². The standard InChI is InChI=1S/C12H19NO4S2/c1-8(2)6-13(9(3)4)19(16,17)11-5-10(7-18-11)12(14)15/h5,7-9H,6H2,1-4H3,(H,14,15). The minimum atomic E-state index is -3.62. The molecule has 0 spiro atoms. The Morgan fingerprint density at radius 3 is 2.32 bits per heavy atom. The number of rotatable bonds is 6. The molecule has 0 aliphatic rings. The SMILES string of the molecule is CC(C)CN(C(C)C)S(=O)(=O)c1cc(C(=O)O)cs1. The maximum atomic E-state index is 12.5. The van der Waals surface area contributed by atoms with E-state index >= 15 is 0 Å². The fourth-order valence-corrected chi connectivity index (χ4v) is 4.71. The van der Waals surface area contributed by atoms with Crippen molar-refractivity contribution in [1.82, 2.24) is 4.31 Å². The summed E-state index contributed by atoms with van der Waals surface area (Å²) in [4.78, 5) is 10.8. The summed E-state index contributed by atoms with van der Waals surface area (Å²) >= 11 is 0.947. The molecule has 0 saturated heterocycles. The van der Waals surface area contributed by atoms with Crippen molar-refractivity contribution in [2.75, 3.05) is 6.54 Å². The van der Waals surface area contributed by atoms with Gasteiger partial charge in [-0.2, -0.15) is 4.31 Å². The zero-order valence-electron chi connectivity index (χ0n) is 11.5. The minimum Gasteiger partial charge on any atom is -0.478 e. The van der Waals surface area contributed by atoms with Crippen LogP contribution < -0.4 is 0 Å². The Bertz CT molecular complexity index is 546. The highest BCUT2D eigenvalue weighted by Crippen LogP contribution is 2.26. The van der Waals surface area contributed by atoms with Gasteiger partial charge in [-0.1, -0.05) is 13.8 Å². The summed E-state index contributed by atoms with van der Waals surface area (Å²) in [5, 5.41) is 10.2. The molecule has 0 unspecified atom stereocenters. The molecule has 108 valence electrons. The van der Waals surface area contributed by atoms with Gasteiger partial charge in [0.15, 0.2) is 0 Å². The predicted octanol–water partition coefficient (Wildman–Crippen LogP) is 2.50. The van der Waals surface area contributed by atoms with Gasteiger partial charge in [-0.05, 0) is 25.8 Å². The third kappa shape index (κ3) is 3.77. The Morgan fingerprint density at radius 2 is 1.95 bits per heavy atom. The number of sulfonamides is 1. The van der Waals surface area contributed by atoms with Crippen molar-refractivity contribution in [2.45, 2.75) is 37.9 Å². The van der Waals surface area contributed by atoms with E-state index in [2.05, 4.69) is 0 Å². The Morgan fingerprint density at radius 1 is 1.37 bits per heavy atom. The Balaban J connectivity index is 3.15. The summed E-state index contributed by atoms with van der Waals surface area (Å²) in [5.41, 5.74) is 0.0110. The van der Waals surface area contributed by atoms with Crippen molar-refractivity contribution in [3.05, 3.63) is 17.0 Å². The third-order valence-electron chi connectivity index (χ3n) is 2.51. The molecule has 1 heterocycles. The minimum absolute atomic E-state index is 0.0110. The lowest BCUT2D eigenvalue weighted by molar-refractivity contribution is 0.0697. The zero-order chi connectivity index (χ0) is 14.8. The fourth-order valence-electron chi connectivity index (χ4n) is 1.63. The molecular weight excluding hydrogens is 286 g/mol. The van der Waals surface area contributed by atoms with Crippen molar-refractivity contribution in [3.8, 4) is 0 Å². The molecule has 0 aliphatic carbocycles. The first-order chi connectivity index (χ1) is 8.66. The van der Waals surface area contributed by atoms with E-state index in [1.807, 2.05) is 27.7 Å². The number of hydrogen-bond donors (Lipinski definition) is 1.